The van der Waals surface area contributed by atoms with Crippen molar-refractivity contribution in [2.75, 3.05) is 13.2 Å². The number of hydrogen-bond donors (Lipinski definition) is 0. The summed E-state index contributed by atoms with van der Waals surface area (Å²) < 4.78 is 5.72. The minimum absolute atomic E-state index is 0.604. The van der Waals surface area contributed by atoms with Gasteiger partial charge < -0.3 is 4.74 Å². The van der Waals surface area contributed by atoms with Crippen molar-refractivity contribution in [2.45, 2.75) is 10.8 Å². The summed E-state index contributed by atoms with van der Waals surface area (Å²) in [6.45, 7) is 7.14. The molecular weight excluding hydrogens is 215 g/mol. The average molecular weight is 226 g/mol. The summed E-state index contributed by atoms with van der Waals surface area (Å²) in [6, 6.07) is 0. The van der Waals surface area contributed by atoms with Crippen LogP contribution in [0.4, 0.5) is 0 Å². The number of ether oxygens (including phenoxy) is 1. The summed E-state index contributed by atoms with van der Waals surface area (Å²) in [7, 11) is 0. The molecular formula is C6H11IO. The van der Waals surface area contributed by atoms with E-state index < -0.39 is 0 Å². The highest BCUT2D eigenvalue weighted by Gasteiger charge is 1.91. The Kier molecular flexibility index (Phi) is 5.86. The molecule has 0 aliphatic rings. The molecule has 8 heavy (non-hydrogen) atoms. The quantitative estimate of drug-likeness (QED) is 0.308. The highest BCUT2D eigenvalue weighted by molar-refractivity contribution is 14.1. The van der Waals surface area contributed by atoms with E-state index in [0.717, 1.165) is 6.61 Å². The van der Waals surface area contributed by atoms with Crippen molar-refractivity contribution in [2.24, 2.45) is 0 Å². The maximum Gasteiger partial charge on any atom is 0.0645 e. The average Bonchev–Trinajstić information content (AvgIpc) is 1.66. The van der Waals surface area contributed by atoms with Gasteiger partial charge in [0.25, 0.3) is 0 Å². The van der Waals surface area contributed by atoms with Crippen molar-refractivity contribution in [1.82, 2.24) is 0 Å². The van der Waals surface area contributed by atoms with E-state index in [9.17, 15) is 0 Å². The molecule has 48 valence electrons. The van der Waals surface area contributed by atoms with Gasteiger partial charge in [-0.3, -0.25) is 0 Å². The van der Waals surface area contributed by atoms with E-state index in [1.54, 1.807) is 6.08 Å². The van der Waals surface area contributed by atoms with Crippen molar-refractivity contribution >= 4 is 22.6 Å². The van der Waals surface area contributed by atoms with Gasteiger partial charge in [0.05, 0.1) is 13.2 Å². The number of halogens is 1. The summed E-state index contributed by atoms with van der Waals surface area (Å²) >= 11 is 2.32. The van der Waals surface area contributed by atoms with Crippen LogP contribution in [0, 0.1) is 0 Å². The molecule has 0 aliphatic heterocycles. The molecule has 0 bridgehead atoms. The smallest absolute Gasteiger partial charge is 0.0645 e. The third-order valence-electron chi connectivity index (χ3n) is 0.583. The topological polar surface area (TPSA) is 9.23 Å². The third-order valence-corrected chi connectivity index (χ3v) is 0.943. The van der Waals surface area contributed by atoms with Crippen molar-refractivity contribution in [3.63, 3.8) is 0 Å². The molecule has 0 spiro atoms. The van der Waals surface area contributed by atoms with Crippen molar-refractivity contribution in [3.8, 4) is 0 Å². The molecule has 0 saturated carbocycles. The molecule has 0 radical (unpaired) electrons. The first-order chi connectivity index (χ1) is 3.77. The molecule has 0 fully saturated rings. The van der Waals surface area contributed by atoms with Gasteiger partial charge in [-0.15, -0.1) is 6.58 Å². The van der Waals surface area contributed by atoms with E-state index >= 15 is 0 Å². The van der Waals surface area contributed by atoms with Crippen LogP contribution in [-0.2, 0) is 4.74 Å². The second-order valence-corrected chi connectivity index (χ2v) is 3.73. The summed E-state index contributed by atoms with van der Waals surface area (Å²) in [5.74, 6) is 0. The van der Waals surface area contributed by atoms with Crippen LogP contribution in [0.2, 0.25) is 0 Å². The number of rotatable bonds is 4. The van der Waals surface area contributed by atoms with Gasteiger partial charge in [0.1, 0.15) is 0 Å². The Labute approximate surface area is 64.2 Å². The molecule has 1 unspecified atom stereocenters. The van der Waals surface area contributed by atoms with Gasteiger partial charge in [0.2, 0.25) is 0 Å². The second kappa shape index (κ2) is 5.56. The fourth-order valence-corrected chi connectivity index (χ4v) is 0.568. The van der Waals surface area contributed by atoms with Gasteiger partial charge in [-0.25, -0.2) is 0 Å². The lowest BCUT2D eigenvalue weighted by Gasteiger charge is -2.00. The molecule has 0 aliphatic carbocycles. The molecule has 0 aromatic carbocycles. The fraction of sp³-hybridized carbons (Fsp3) is 0.667. The zero-order valence-electron chi connectivity index (χ0n) is 5.06. The number of alkyl halides is 1. The second-order valence-electron chi connectivity index (χ2n) is 1.61. The van der Waals surface area contributed by atoms with E-state index in [2.05, 4.69) is 36.1 Å². The molecule has 2 heteroatoms. The summed E-state index contributed by atoms with van der Waals surface area (Å²) in [4.78, 5) is 0. The summed E-state index contributed by atoms with van der Waals surface area (Å²) in [6.07, 6.45) is 1.76. The SMILES string of the molecule is C=CCOCC(C)I. The van der Waals surface area contributed by atoms with Gasteiger partial charge in [-0.1, -0.05) is 35.6 Å². The molecule has 0 amide bonds. The van der Waals surface area contributed by atoms with E-state index in [4.69, 9.17) is 4.74 Å². The molecule has 0 heterocycles. The monoisotopic (exact) mass is 226 g/mol. The first-order valence-corrected chi connectivity index (χ1v) is 3.84. The van der Waals surface area contributed by atoms with Crippen LogP contribution >= 0.6 is 22.6 Å². The summed E-state index contributed by atoms with van der Waals surface area (Å²) in [5.41, 5.74) is 0. The number of hydrogen-bond acceptors (Lipinski definition) is 1. The third kappa shape index (κ3) is 6.43. The van der Waals surface area contributed by atoms with Gasteiger partial charge in [0, 0.05) is 3.92 Å². The predicted octanol–water partition coefficient (Wildman–Crippen LogP) is 2.01. The molecule has 0 rings (SSSR count). The van der Waals surface area contributed by atoms with E-state index in [1.165, 1.54) is 0 Å². The standard InChI is InChI=1S/C6H11IO/c1-3-4-8-5-6(2)7/h3,6H,1,4-5H2,2H3. The lowest BCUT2D eigenvalue weighted by molar-refractivity contribution is 0.169. The lowest BCUT2D eigenvalue weighted by Crippen LogP contribution is -2.02. The highest BCUT2D eigenvalue weighted by atomic mass is 127. The van der Waals surface area contributed by atoms with Gasteiger partial charge >= 0.3 is 0 Å². The molecule has 0 aromatic heterocycles. The minimum Gasteiger partial charge on any atom is -0.376 e. The van der Waals surface area contributed by atoms with Crippen LogP contribution in [0.25, 0.3) is 0 Å². The van der Waals surface area contributed by atoms with Crippen LogP contribution < -0.4 is 0 Å². The Bertz CT molecular complexity index is 61.5. The lowest BCUT2D eigenvalue weighted by atomic mass is 10.5. The van der Waals surface area contributed by atoms with Crippen LogP contribution in [0.1, 0.15) is 6.92 Å². The van der Waals surface area contributed by atoms with Gasteiger partial charge in [0.15, 0.2) is 0 Å². The Hall–Kier alpha value is 0.430. The van der Waals surface area contributed by atoms with Crippen molar-refractivity contribution < 1.29 is 4.74 Å². The summed E-state index contributed by atoms with van der Waals surface area (Å²) in [5, 5.41) is 0. The first kappa shape index (κ1) is 8.43. The van der Waals surface area contributed by atoms with Crippen molar-refractivity contribution in [1.29, 1.82) is 0 Å². The zero-order valence-corrected chi connectivity index (χ0v) is 7.22. The molecule has 0 aromatic rings. The first-order valence-electron chi connectivity index (χ1n) is 2.60. The van der Waals surface area contributed by atoms with Crippen LogP contribution in [0.3, 0.4) is 0 Å². The molecule has 1 nitrogen and oxygen atoms in total. The minimum atomic E-state index is 0.604. The fourth-order valence-electron chi connectivity index (χ4n) is 0.314. The highest BCUT2D eigenvalue weighted by Crippen LogP contribution is 1.97. The maximum absolute atomic E-state index is 5.12. The van der Waals surface area contributed by atoms with Gasteiger partial charge in [-0.2, -0.15) is 0 Å². The zero-order chi connectivity index (χ0) is 6.41. The normalized spacial score (nSPS) is 13.2. The van der Waals surface area contributed by atoms with E-state index in [1.807, 2.05) is 0 Å². The Morgan fingerprint density at radius 3 is 2.88 bits per heavy atom. The molecule has 0 saturated heterocycles. The van der Waals surface area contributed by atoms with Gasteiger partial charge in [-0.05, 0) is 0 Å². The maximum atomic E-state index is 5.12. The van der Waals surface area contributed by atoms with Crippen LogP contribution in [0.15, 0.2) is 12.7 Å². The predicted molar refractivity (Wildman–Crippen MR) is 44.5 cm³/mol. The van der Waals surface area contributed by atoms with Crippen LogP contribution in [0.5, 0.6) is 0 Å². The molecule has 0 N–H and O–H groups in total. The molecule has 1 atom stereocenters. The van der Waals surface area contributed by atoms with E-state index in [0.29, 0.717) is 10.5 Å². The Morgan fingerprint density at radius 2 is 2.50 bits per heavy atom. The largest absolute Gasteiger partial charge is 0.376 e. The Balaban J connectivity index is 2.81. The van der Waals surface area contributed by atoms with Crippen molar-refractivity contribution in [3.05, 3.63) is 12.7 Å². The van der Waals surface area contributed by atoms with Crippen LogP contribution in [-0.4, -0.2) is 17.1 Å². The van der Waals surface area contributed by atoms with E-state index in [-0.39, 0.29) is 0 Å². The Morgan fingerprint density at radius 1 is 1.88 bits per heavy atom.